The maximum Gasteiger partial charge on any atom is 0.319 e. The third kappa shape index (κ3) is 3.75. The highest BCUT2D eigenvalue weighted by Crippen LogP contribution is 2.21. The number of nitro groups is 1. The minimum Gasteiger partial charge on any atom is -0.336 e. The maximum absolute atomic E-state index is 11.4. The number of carbonyl (C=O) groups is 1. The molecule has 0 bridgehead atoms. The second-order valence-electron chi connectivity index (χ2n) is 4.01. The summed E-state index contributed by atoms with van der Waals surface area (Å²) in [6.07, 6.45) is 0. The zero-order chi connectivity index (χ0) is 13.0. The first-order valence-electron chi connectivity index (χ1n) is 5.22. The van der Waals surface area contributed by atoms with Gasteiger partial charge in [-0.3, -0.25) is 10.1 Å². The minimum atomic E-state index is -0.451. The Labute approximate surface area is 99.2 Å². The van der Waals surface area contributed by atoms with Crippen LogP contribution in [0.1, 0.15) is 19.4 Å². The molecule has 1 aromatic rings. The van der Waals surface area contributed by atoms with Crippen LogP contribution in [0.4, 0.5) is 16.2 Å². The van der Waals surface area contributed by atoms with Crippen molar-refractivity contribution < 1.29 is 9.72 Å². The molecule has 0 aliphatic carbocycles. The summed E-state index contributed by atoms with van der Waals surface area (Å²) in [5.41, 5.74) is 1.09. The Hall–Kier alpha value is -2.11. The number of aryl methyl sites for hydroxylation is 1. The number of benzene rings is 1. The largest absolute Gasteiger partial charge is 0.336 e. The van der Waals surface area contributed by atoms with E-state index in [1.165, 1.54) is 12.1 Å². The standard InChI is InChI=1S/C11H15N3O3/c1-7(2)12-11(15)13-9-4-5-10(14(16)17)8(3)6-9/h4-7H,1-3H3,(H2,12,13,15). The molecule has 6 heteroatoms. The highest BCUT2D eigenvalue weighted by Gasteiger charge is 2.11. The van der Waals surface area contributed by atoms with Crippen LogP contribution in [-0.4, -0.2) is 17.0 Å². The highest BCUT2D eigenvalue weighted by atomic mass is 16.6. The van der Waals surface area contributed by atoms with Crippen molar-refractivity contribution in [1.29, 1.82) is 0 Å². The zero-order valence-corrected chi connectivity index (χ0v) is 9.98. The SMILES string of the molecule is Cc1cc(NC(=O)NC(C)C)ccc1[N+](=O)[O-]. The Morgan fingerprint density at radius 3 is 2.53 bits per heavy atom. The second-order valence-corrected chi connectivity index (χ2v) is 4.01. The number of rotatable bonds is 3. The number of amides is 2. The van der Waals surface area contributed by atoms with Crippen LogP contribution in [-0.2, 0) is 0 Å². The molecule has 0 heterocycles. The first kappa shape index (κ1) is 13.0. The van der Waals surface area contributed by atoms with Gasteiger partial charge in [-0.25, -0.2) is 4.79 Å². The molecule has 17 heavy (non-hydrogen) atoms. The fourth-order valence-electron chi connectivity index (χ4n) is 1.37. The second kappa shape index (κ2) is 5.29. The fraction of sp³-hybridized carbons (Fsp3) is 0.364. The van der Waals surface area contributed by atoms with Crippen molar-refractivity contribution in [3.63, 3.8) is 0 Å². The van der Waals surface area contributed by atoms with Gasteiger partial charge in [0.2, 0.25) is 0 Å². The molecule has 0 unspecified atom stereocenters. The Morgan fingerprint density at radius 2 is 2.06 bits per heavy atom. The maximum atomic E-state index is 11.4. The number of hydrogen-bond donors (Lipinski definition) is 2. The van der Waals surface area contributed by atoms with E-state index in [1.807, 2.05) is 13.8 Å². The van der Waals surface area contributed by atoms with Crippen LogP contribution in [0, 0.1) is 17.0 Å². The van der Waals surface area contributed by atoms with Gasteiger partial charge in [-0.1, -0.05) is 0 Å². The van der Waals surface area contributed by atoms with E-state index in [2.05, 4.69) is 10.6 Å². The zero-order valence-electron chi connectivity index (χ0n) is 9.98. The molecule has 0 saturated heterocycles. The lowest BCUT2D eigenvalue weighted by atomic mass is 10.2. The predicted octanol–water partition coefficient (Wildman–Crippen LogP) is 2.43. The number of anilines is 1. The molecule has 0 atom stereocenters. The van der Waals surface area contributed by atoms with E-state index >= 15 is 0 Å². The quantitative estimate of drug-likeness (QED) is 0.625. The van der Waals surface area contributed by atoms with Gasteiger partial charge in [0, 0.05) is 23.4 Å². The van der Waals surface area contributed by atoms with Crippen molar-refractivity contribution in [3.05, 3.63) is 33.9 Å². The van der Waals surface area contributed by atoms with E-state index in [0.29, 0.717) is 11.3 Å². The van der Waals surface area contributed by atoms with E-state index in [9.17, 15) is 14.9 Å². The van der Waals surface area contributed by atoms with Crippen LogP contribution in [0.25, 0.3) is 0 Å². The molecule has 0 aliphatic rings. The third-order valence-corrected chi connectivity index (χ3v) is 2.07. The van der Waals surface area contributed by atoms with Gasteiger partial charge in [0.25, 0.3) is 5.69 Å². The average molecular weight is 237 g/mol. The van der Waals surface area contributed by atoms with Gasteiger partial charge in [0.15, 0.2) is 0 Å². The molecule has 0 aliphatic heterocycles. The Balaban J connectivity index is 2.77. The van der Waals surface area contributed by atoms with E-state index in [-0.39, 0.29) is 17.8 Å². The Morgan fingerprint density at radius 1 is 1.41 bits per heavy atom. The minimum absolute atomic E-state index is 0.0362. The van der Waals surface area contributed by atoms with E-state index in [4.69, 9.17) is 0 Å². The molecule has 1 rings (SSSR count). The third-order valence-electron chi connectivity index (χ3n) is 2.07. The molecule has 2 N–H and O–H groups in total. The number of nitrogens with zero attached hydrogens (tertiary/aromatic N) is 1. The number of hydrogen-bond acceptors (Lipinski definition) is 3. The molecular formula is C11H15N3O3. The van der Waals surface area contributed by atoms with Gasteiger partial charge in [-0.15, -0.1) is 0 Å². The van der Waals surface area contributed by atoms with E-state index < -0.39 is 4.92 Å². The summed E-state index contributed by atoms with van der Waals surface area (Å²) in [5.74, 6) is 0. The summed E-state index contributed by atoms with van der Waals surface area (Å²) in [4.78, 5) is 21.6. The molecule has 0 fully saturated rings. The van der Waals surface area contributed by atoms with Crippen molar-refractivity contribution >= 4 is 17.4 Å². The van der Waals surface area contributed by atoms with Crippen LogP contribution in [0.3, 0.4) is 0 Å². The predicted molar refractivity (Wildman–Crippen MR) is 65.1 cm³/mol. The number of nitrogens with one attached hydrogen (secondary N) is 2. The smallest absolute Gasteiger partial charge is 0.319 e. The van der Waals surface area contributed by atoms with Gasteiger partial charge >= 0.3 is 6.03 Å². The number of urea groups is 1. The first-order chi connectivity index (χ1) is 7.90. The van der Waals surface area contributed by atoms with Gasteiger partial charge in [0.05, 0.1) is 4.92 Å². The topological polar surface area (TPSA) is 84.3 Å². The van der Waals surface area contributed by atoms with Gasteiger partial charge in [-0.2, -0.15) is 0 Å². The summed E-state index contributed by atoms with van der Waals surface area (Å²) < 4.78 is 0. The number of carbonyl (C=O) groups excluding carboxylic acids is 1. The van der Waals surface area contributed by atoms with Crippen LogP contribution in [0.2, 0.25) is 0 Å². The monoisotopic (exact) mass is 237 g/mol. The molecule has 2 amide bonds. The molecule has 0 saturated carbocycles. The summed E-state index contributed by atoms with van der Waals surface area (Å²) >= 11 is 0. The molecule has 92 valence electrons. The normalized spacial score (nSPS) is 10.1. The van der Waals surface area contributed by atoms with Crippen LogP contribution >= 0.6 is 0 Å². The van der Waals surface area contributed by atoms with E-state index in [0.717, 1.165) is 0 Å². The summed E-state index contributed by atoms with van der Waals surface area (Å²) in [5, 5.41) is 15.9. The van der Waals surface area contributed by atoms with Gasteiger partial charge in [-0.05, 0) is 32.9 Å². The molecule has 1 aromatic carbocycles. The summed E-state index contributed by atoms with van der Waals surface area (Å²) in [6.45, 7) is 5.32. The molecule has 0 radical (unpaired) electrons. The van der Waals surface area contributed by atoms with Crippen molar-refractivity contribution in [2.75, 3.05) is 5.32 Å². The first-order valence-corrected chi connectivity index (χ1v) is 5.22. The van der Waals surface area contributed by atoms with Gasteiger partial charge < -0.3 is 10.6 Å². The molecule has 6 nitrogen and oxygen atoms in total. The van der Waals surface area contributed by atoms with E-state index in [1.54, 1.807) is 13.0 Å². The van der Waals surface area contributed by atoms with Crippen LogP contribution < -0.4 is 10.6 Å². The van der Waals surface area contributed by atoms with Crippen molar-refractivity contribution in [2.24, 2.45) is 0 Å². The molecular weight excluding hydrogens is 222 g/mol. The van der Waals surface area contributed by atoms with Crippen molar-refractivity contribution in [1.82, 2.24) is 5.32 Å². The lowest BCUT2D eigenvalue weighted by molar-refractivity contribution is -0.385. The van der Waals surface area contributed by atoms with Crippen LogP contribution in [0.5, 0.6) is 0 Å². The highest BCUT2D eigenvalue weighted by molar-refractivity contribution is 5.89. The van der Waals surface area contributed by atoms with Gasteiger partial charge in [0.1, 0.15) is 0 Å². The fourth-order valence-corrected chi connectivity index (χ4v) is 1.37. The Bertz CT molecular complexity index is 444. The molecule has 0 aromatic heterocycles. The van der Waals surface area contributed by atoms with Crippen LogP contribution in [0.15, 0.2) is 18.2 Å². The molecule has 0 spiro atoms. The Kier molecular flexibility index (Phi) is 4.03. The number of nitro benzene ring substituents is 1. The summed E-state index contributed by atoms with van der Waals surface area (Å²) in [7, 11) is 0. The summed E-state index contributed by atoms with van der Waals surface area (Å²) in [6, 6.07) is 4.16. The van der Waals surface area contributed by atoms with Crippen molar-refractivity contribution in [2.45, 2.75) is 26.8 Å². The van der Waals surface area contributed by atoms with Crippen molar-refractivity contribution in [3.8, 4) is 0 Å². The average Bonchev–Trinajstić information content (AvgIpc) is 2.15. The lowest BCUT2D eigenvalue weighted by Gasteiger charge is -2.10. The lowest BCUT2D eigenvalue weighted by Crippen LogP contribution is -2.34.